The highest BCUT2D eigenvalue weighted by atomic mass is 32.1. The van der Waals surface area contributed by atoms with Crippen molar-refractivity contribution in [3.63, 3.8) is 0 Å². The van der Waals surface area contributed by atoms with Crippen LogP contribution in [0.3, 0.4) is 0 Å². The third kappa shape index (κ3) is 3.56. The van der Waals surface area contributed by atoms with E-state index in [0.29, 0.717) is 5.56 Å². The van der Waals surface area contributed by atoms with E-state index in [2.05, 4.69) is 10.3 Å². The van der Waals surface area contributed by atoms with Gasteiger partial charge in [-0.1, -0.05) is 31.4 Å². The largest absolute Gasteiger partial charge is 0.349 e. The van der Waals surface area contributed by atoms with Crippen molar-refractivity contribution in [1.29, 1.82) is 0 Å². The minimum absolute atomic E-state index is 0.0269. The Morgan fingerprint density at radius 1 is 1.12 bits per heavy atom. The zero-order chi connectivity index (χ0) is 17.2. The van der Waals surface area contributed by atoms with Crippen molar-refractivity contribution in [3.8, 4) is 10.6 Å². The summed E-state index contributed by atoms with van der Waals surface area (Å²) in [6.07, 6.45) is 5.77. The van der Waals surface area contributed by atoms with Crippen molar-refractivity contribution in [2.45, 2.75) is 38.1 Å². The molecule has 1 amide bonds. The van der Waals surface area contributed by atoms with Crippen molar-refractivity contribution in [2.24, 2.45) is 0 Å². The Kier molecular flexibility index (Phi) is 4.49. The fourth-order valence-corrected chi connectivity index (χ4v) is 4.32. The van der Waals surface area contributed by atoms with E-state index in [9.17, 15) is 9.18 Å². The number of amides is 1. The van der Waals surface area contributed by atoms with E-state index < -0.39 is 0 Å². The van der Waals surface area contributed by atoms with Gasteiger partial charge >= 0.3 is 0 Å². The second-order valence-electron chi connectivity index (χ2n) is 6.52. The van der Waals surface area contributed by atoms with Crippen LogP contribution < -0.4 is 5.32 Å². The average molecular weight is 354 g/mol. The molecule has 0 aliphatic heterocycles. The summed E-state index contributed by atoms with van der Waals surface area (Å²) in [7, 11) is 0. The Labute approximate surface area is 149 Å². The highest BCUT2D eigenvalue weighted by Crippen LogP contribution is 2.31. The number of halogens is 1. The second kappa shape index (κ2) is 6.92. The molecule has 0 saturated heterocycles. The second-order valence-corrected chi connectivity index (χ2v) is 7.55. The SMILES string of the molecule is O=C(NC1CCCCC1)c1cccc(-c2nc3ccc(F)cc3s2)c1. The van der Waals surface area contributed by atoms with Crippen LogP contribution in [0, 0.1) is 5.82 Å². The van der Waals surface area contributed by atoms with Crippen molar-refractivity contribution in [3.05, 3.63) is 53.8 Å². The number of thiazole rings is 1. The molecule has 1 aliphatic rings. The zero-order valence-electron chi connectivity index (χ0n) is 13.8. The first-order chi connectivity index (χ1) is 12.2. The van der Waals surface area contributed by atoms with Gasteiger partial charge in [-0.05, 0) is 43.2 Å². The van der Waals surface area contributed by atoms with Crippen LogP contribution in [-0.2, 0) is 0 Å². The summed E-state index contributed by atoms with van der Waals surface area (Å²) in [5.74, 6) is -0.288. The highest BCUT2D eigenvalue weighted by molar-refractivity contribution is 7.21. The molecule has 3 aromatic rings. The van der Waals surface area contributed by atoms with E-state index in [0.717, 1.165) is 33.6 Å². The number of hydrogen-bond acceptors (Lipinski definition) is 3. The standard InChI is InChI=1S/C20H19FN2OS/c21-15-9-10-17-18(12-15)25-20(23-17)14-6-4-5-13(11-14)19(24)22-16-7-2-1-3-8-16/h4-6,9-12,16H,1-3,7-8H2,(H,22,24). The van der Waals surface area contributed by atoms with Gasteiger partial charge < -0.3 is 5.32 Å². The first-order valence-electron chi connectivity index (χ1n) is 8.66. The van der Waals surface area contributed by atoms with E-state index in [1.54, 1.807) is 6.07 Å². The van der Waals surface area contributed by atoms with Crippen molar-refractivity contribution in [1.82, 2.24) is 10.3 Å². The Morgan fingerprint density at radius 2 is 1.96 bits per heavy atom. The molecule has 4 rings (SSSR count). The number of fused-ring (bicyclic) bond motifs is 1. The first kappa shape index (κ1) is 16.2. The summed E-state index contributed by atoms with van der Waals surface area (Å²) in [6.45, 7) is 0. The Hall–Kier alpha value is -2.27. The maximum atomic E-state index is 13.4. The predicted molar refractivity (Wildman–Crippen MR) is 99.4 cm³/mol. The zero-order valence-corrected chi connectivity index (χ0v) is 14.6. The van der Waals surface area contributed by atoms with Crippen LogP contribution in [0.5, 0.6) is 0 Å². The van der Waals surface area contributed by atoms with Crippen LogP contribution in [0.15, 0.2) is 42.5 Å². The van der Waals surface area contributed by atoms with Crippen molar-refractivity contribution in [2.75, 3.05) is 0 Å². The molecule has 1 aromatic heterocycles. The molecular weight excluding hydrogens is 335 g/mol. The number of nitrogens with one attached hydrogen (secondary N) is 1. The average Bonchev–Trinajstić information content (AvgIpc) is 3.06. The molecule has 0 atom stereocenters. The molecular formula is C20H19FN2OS. The van der Waals surface area contributed by atoms with Gasteiger partial charge in [-0.2, -0.15) is 0 Å². The molecule has 0 unspecified atom stereocenters. The molecule has 1 N–H and O–H groups in total. The quantitative estimate of drug-likeness (QED) is 0.705. The molecule has 128 valence electrons. The molecule has 0 spiro atoms. The van der Waals surface area contributed by atoms with Gasteiger partial charge in [0.25, 0.3) is 5.91 Å². The molecule has 1 fully saturated rings. The summed E-state index contributed by atoms with van der Waals surface area (Å²) in [5, 5.41) is 3.94. The van der Waals surface area contributed by atoms with Gasteiger partial charge in [0.15, 0.2) is 0 Å². The van der Waals surface area contributed by atoms with Crippen LogP contribution in [0.1, 0.15) is 42.5 Å². The van der Waals surface area contributed by atoms with Gasteiger partial charge in [0.1, 0.15) is 10.8 Å². The number of benzene rings is 2. The number of nitrogens with zero attached hydrogens (tertiary/aromatic N) is 1. The van der Waals surface area contributed by atoms with E-state index in [1.807, 2.05) is 24.3 Å². The van der Waals surface area contributed by atoms with Crippen LogP contribution in [-0.4, -0.2) is 16.9 Å². The predicted octanol–water partition coefficient (Wildman–Crippen LogP) is 5.16. The van der Waals surface area contributed by atoms with Gasteiger partial charge in [-0.25, -0.2) is 9.37 Å². The Balaban J connectivity index is 1.58. The van der Waals surface area contributed by atoms with Crippen molar-refractivity contribution >= 4 is 27.5 Å². The van der Waals surface area contributed by atoms with Crippen LogP contribution >= 0.6 is 11.3 Å². The summed E-state index contributed by atoms with van der Waals surface area (Å²) >= 11 is 1.44. The van der Waals surface area contributed by atoms with Gasteiger partial charge in [-0.15, -0.1) is 11.3 Å². The molecule has 0 bridgehead atoms. The smallest absolute Gasteiger partial charge is 0.251 e. The van der Waals surface area contributed by atoms with E-state index in [4.69, 9.17) is 0 Å². The molecule has 5 heteroatoms. The number of carbonyl (C=O) groups excluding carboxylic acids is 1. The highest BCUT2D eigenvalue weighted by Gasteiger charge is 2.17. The third-order valence-electron chi connectivity index (χ3n) is 4.66. The van der Waals surface area contributed by atoms with Crippen LogP contribution in [0.4, 0.5) is 4.39 Å². The van der Waals surface area contributed by atoms with Crippen molar-refractivity contribution < 1.29 is 9.18 Å². The summed E-state index contributed by atoms with van der Waals surface area (Å²) in [5.41, 5.74) is 2.31. The summed E-state index contributed by atoms with van der Waals surface area (Å²) in [4.78, 5) is 17.1. The molecule has 1 heterocycles. The maximum Gasteiger partial charge on any atom is 0.251 e. The minimum atomic E-state index is -0.261. The monoisotopic (exact) mass is 354 g/mol. The van der Waals surface area contributed by atoms with E-state index >= 15 is 0 Å². The fourth-order valence-electron chi connectivity index (χ4n) is 3.33. The topological polar surface area (TPSA) is 42.0 Å². The molecule has 1 aliphatic carbocycles. The molecule has 2 aromatic carbocycles. The lowest BCUT2D eigenvalue weighted by Crippen LogP contribution is -2.36. The molecule has 25 heavy (non-hydrogen) atoms. The van der Waals surface area contributed by atoms with E-state index in [-0.39, 0.29) is 17.8 Å². The first-order valence-corrected chi connectivity index (χ1v) is 9.48. The number of carbonyl (C=O) groups is 1. The number of rotatable bonds is 3. The summed E-state index contributed by atoms with van der Waals surface area (Å²) < 4.78 is 14.2. The minimum Gasteiger partial charge on any atom is -0.349 e. The lowest BCUT2D eigenvalue weighted by Gasteiger charge is -2.22. The lowest BCUT2D eigenvalue weighted by atomic mass is 9.95. The van der Waals surface area contributed by atoms with Crippen LogP contribution in [0.25, 0.3) is 20.8 Å². The number of aromatic nitrogens is 1. The van der Waals surface area contributed by atoms with Gasteiger partial charge in [0, 0.05) is 17.2 Å². The maximum absolute atomic E-state index is 13.4. The normalized spacial score (nSPS) is 15.4. The van der Waals surface area contributed by atoms with Gasteiger partial charge in [0.05, 0.1) is 10.2 Å². The van der Waals surface area contributed by atoms with E-state index in [1.165, 1.54) is 42.7 Å². The number of hydrogen-bond donors (Lipinski definition) is 1. The Bertz CT molecular complexity index is 915. The molecule has 0 radical (unpaired) electrons. The summed E-state index contributed by atoms with van der Waals surface area (Å²) in [6, 6.07) is 12.4. The fraction of sp³-hybridized carbons (Fsp3) is 0.300. The van der Waals surface area contributed by atoms with Crippen LogP contribution in [0.2, 0.25) is 0 Å². The third-order valence-corrected chi connectivity index (χ3v) is 5.73. The van der Waals surface area contributed by atoms with Gasteiger partial charge in [-0.3, -0.25) is 4.79 Å². The Morgan fingerprint density at radius 3 is 2.80 bits per heavy atom. The molecule has 1 saturated carbocycles. The molecule has 3 nitrogen and oxygen atoms in total. The lowest BCUT2D eigenvalue weighted by molar-refractivity contribution is 0.0928. The van der Waals surface area contributed by atoms with Gasteiger partial charge in [0.2, 0.25) is 0 Å².